The molecule has 0 atom stereocenters. The first kappa shape index (κ1) is 26.5. The Hall–Kier alpha value is -2.49. The molecule has 0 unspecified atom stereocenters. The fraction of sp³-hybridized carbons (Fsp3) is 0.519. The molecule has 0 saturated heterocycles. The van der Waals surface area contributed by atoms with Gasteiger partial charge >= 0.3 is 0 Å². The average Bonchev–Trinajstić information content (AvgIpc) is 2.76. The SMILES string of the molecule is CCC/C=C\C/C=C\C/C=C\CCCCCCCC(=O)NCCc1ccc(O)c(O)c1. The Labute approximate surface area is 188 Å². The monoisotopic (exact) mass is 427 g/mol. The molecule has 4 nitrogen and oxygen atoms in total. The largest absolute Gasteiger partial charge is 0.504 e. The van der Waals surface area contributed by atoms with Crippen LogP contribution in [-0.4, -0.2) is 22.7 Å². The van der Waals surface area contributed by atoms with Crippen molar-refractivity contribution in [1.82, 2.24) is 5.32 Å². The summed E-state index contributed by atoms with van der Waals surface area (Å²) < 4.78 is 0. The van der Waals surface area contributed by atoms with Gasteiger partial charge in [-0.15, -0.1) is 0 Å². The summed E-state index contributed by atoms with van der Waals surface area (Å²) in [4.78, 5) is 11.9. The topological polar surface area (TPSA) is 69.6 Å². The zero-order valence-electron chi connectivity index (χ0n) is 19.2. The Morgan fingerprint density at radius 3 is 2.19 bits per heavy atom. The Kier molecular flexibility index (Phi) is 15.7. The van der Waals surface area contributed by atoms with Crippen molar-refractivity contribution in [3.63, 3.8) is 0 Å². The minimum absolute atomic E-state index is 0.0832. The first-order valence-electron chi connectivity index (χ1n) is 11.9. The number of phenolic OH excluding ortho intramolecular Hbond substituents is 2. The second kappa shape index (κ2) is 18.3. The van der Waals surface area contributed by atoms with E-state index < -0.39 is 0 Å². The molecule has 0 heterocycles. The number of carbonyl (C=O) groups excluding carboxylic acids is 1. The third-order valence-electron chi connectivity index (χ3n) is 5.05. The van der Waals surface area contributed by atoms with E-state index in [-0.39, 0.29) is 17.4 Å². The summed E-state index contributed by atoms with van der Waals surface area (Å²) in [5.74, 6) is -0.163. The van der Waals surface area contributed by atoms with Crippen molar-refractivity contribution in [2.24, 2.45) is 0 Å². The lowest BCUT2D eigenvalue weighted by Gasteiger charge is -2.06. The second-order valence-corrected chi connectivity index (χ2v) is 7.90. The third-order valence-corrected chi connectivity index (χ3v) is 5.05. The Bertz CT molecular complexity index is 692. The van der Waals surface area contributed by atoms with Crippen LogP contribution in [0.15, 0.2) is 54.7 Å². The van der Waals surface area contributed by atoms with Crippen LogP contribution in [0.1, 0.15) is 83.1 Å². The molecule has 1 aromatic rings. The smallest absolute Gasteiger partial charge is 0.220 e. The zero-order chi connectivity index (χ0) is 22.6. The predicted molar refractivity (Wildman–Crippen MR) is 130 cm³/mol. The zero-order valence-corrected chi connectivity index (χ0v) is 19.2. The van der Waals surface area contributed by atoms with Crippen LogP contribution in [0.3, 0.4) is 0 Å². The number of benzene rings is 1. The van der Waals surface area contributed by atoms with Crippen molar-refractivity contribution < 1.29 is 15.0 Å². The van der Waals surface area contributed by atoms with Crippen molar-refractivity contribution in [1.29, 1.82) is 0 Å². The molecule has 0 aliphatic carbocycles. The summed E-state index contributed by atoms with van der Waals surface area (Å²) >= 11 is 0. The number of rotatable bonds is 17. The molecule has 0 aliphatic rings. The molecule has 4 heteroatoms. The molecule has 0 aliphatic heterocycles. The normalized spacial score (nSPS) is 11.8. The molecule has 0 saturated carbocycles. The number of allylic oxidation sites excluding steroid dienone is 6. The van der Waals surface area contributed by atoms with Gasteiger partial charge in [0, 0.05) is 13.0 Å². The standard InChI is InChI=1S/C27H41NO3/c1-2-3-4-5-6-7-8-9-10-11-12-13-14-15-16-17-18-27(31)28-22-21-24-19-20-25(29)26(30)23-24/h4-5,7-8,10-11,19-20,23,29-30H,2-3,6,9,12-18,21-22H2,1H3,(H,28,31)/b5-4-,8-7-,11-10-. The van der Waals surface area contributed by atoms with E-state index in [1.807, 2.05) is 0 Å². The maximum atomic E-state index is 11.9. The summed E-state index contributed by atoms with van der Waals surface area (Å²) in [5, 5.41) is 21.7. The van der Waals surface area contributed by atoms with Crippen LogP contribution in [0, 0.1) is 0 Å². The van der Waals surface area contributed by atoms with Gasteiger partial charge in [-0.1, -0.05) is 75.1 Å². The molecule has 1 aromatic carbocycles. The molecule has 3 N–H and O–H groups in total. The molecule has 0 fully saturated rings. The Balaban J connectivity index is 1.91. The second-order valence-electron chi connectivity index (χ2n) is 7.90. The van der Waals surface area contributed by atoms with Gasteiger partial charge in [0.25, 0.3) is 0 Å². The molecule has 172 valence electrons. The number of hydrogen-bond acceptors (Lipinski definition) is 3. The van der Waals surface area contributed by atoms with Gasteiger partial charge < -0.3 is 15.5 Å². The Morgan fingerprint density at radius 1 is 0.839 bits per heavy atom. The van der Waals surface area contributed by atoms with E-state index in [1.54, 1.807) is 6.07 Å². The minimum atomic E-state index is -0.123. The van der Waals surface area contributed by atoms with Gasteiger partial charge in [-0.3, -0.25) is 4.79 Å². The van der Waals surface area contributed by atoms with Crippen LogP contribution in [0.2, 0.25) is 0 Å². The number of nitrogens with one attached hydrogen (secondary N) is 1. The van der Waals surface area contributed by atoms with E-state index >= 15 is 0 Å². The average molecular weight is 428 g/mol. The summed E-state index contributed by atoms with van der Waals surface area (Å²) in [7, 11) is 0. The maximum Gasteiger partial charge on any atom is 0.220 e. The van der Waals surface area contributed by atoms with Crippen LogP contribution < -0.4 is 5.32 Å². The van der Waals surface area contributed by atoms with Crippen molar-refractivity contribution in [3.05, 3.63) is 60.2 Å². The number of carbonyl (C=O) groups is 1. The molecule has 1 amide bonds. The highest BCUT2D eigenvalue weighted by molar-refractivity contribution is 5.75. The van der Waals surface area contributed by atoms with Crippen LogP contribution in [0.4, 0.5) is 0 Å². The first-order chi connectivity index (χ1) is 15.1. The molecule has 0 radical (unpaired) electrons. The minimum Gasteiger partial charge on any atom is -0.504 e. The number of phenols is 2. The van der Waals surface area contributed by atoms with Gasteiger partial charge in [0.05, 0.1) is 0 Å². The van der Waals surface area contributed by atoms with E-state index in [0.717, 1.165) is 37.7 Å². The lowest BCUT2D eigenvalue weighted by molar-refractivity contribution is -0.121. The fourth-order valence-corrected chi connectivity index (χ4v) is 3.18. The lowest BCUT2D eigenvalue weighted by Crippen LogP contribution is -2.25. The van der Waals surface area contributed by atoms with Gasteiger partial charge in [0.15, 0.2) is 11.5 Å². The highest BCUT2D eigenvalue weighted by Gasteiger charge is 2.03. The quantitative estimate of drug-likeness (QED) is 0.146. The van der Waals surface area contributed by atoms with E-state index in [1.165, 1.54) is 44.2 Å². The summed E-state index contributed by atoms with van der Waals surface area (Å²) in [6, 6.07) is 4.74. The number of unbranched alkanes of at least 4 members (excludes halogenated alkanes) is 6. The highest BCUT2D eigenvalue weighted by atomic mass is 16.3. The van der Waals surface area contributed by atoms with Gasteiger partial charge in [0.1, 0.15) is 0 Å². The van der Waals surface area contributed by atoms with E-state index in [2.05, 4.69) is 48.7 Å². The fourth-order valence-electron chi connectivity index (χ4n) is 3.18. The molecule has 0 spiro atoms. The van der Waals surface area contributed by atoms with Crippen molar-refractivity contribution in [2.45, 2.75) is 84.0 Å². The van der Waals surface area contributed by atoms with E-state index in [0.29, 0.717) is 19.4 Å². The van der Waals surface area contributed by atoms with Crippen LogP contribution in [0.25, 0.3) is 0 Å². The predicted octanol–water partition coefficient (Wildman–Crippen LogP) is 6.74. The molecule has 31 heavy (non-hydrogen) atoms. The van der Waals surface area contributed by atoms with Crippen LogP contribution >= 0.6 is 0 Å². The van der Waals surface area contributed by atoms with Crippen LogP contribution in [-0.2, 0) is 11.2 Å². The summed E-state index contributed by atoms with van der Waals surface area (Å²) in [6.45, 7) is 2.74. The molecular formula is C27H41NO3. The van der Waals surface area contributed by atoms with Crippen molar-refractivity contribution in [3.8, 4) is 11.5 Å². The third kappa shape index (κ3) is 15.0. The van der Waals surface area contributed by atoms with E-state index in [4.69, 9.17) is 0 Å². The number of aromatic hydroxyl groups is 2. The highest BCUT2D eigenvalue weighted by Crippen LogP contribution is 2.24. The number of amides is 1. The van der Waals surface area contributed by atoms with Crippen LogP contribution in [0.5, 0.6) is 11.5 Å². The van der Waals surface area contributed by atoms with E-state index in [9.17, 15) is 15.0 Å². The van der Waals surface area contributed by atoms with Crippen molar-refractivity contribution >= 4 is 5.91 Å². The summed E-state index contributed by atoms with van der Waals surface area (Å²) in [5.41, 5.74) is 0.889. The molecule has 0 bridgehead atoms. The lowest BCUT2D eigenvalue weighted by atomic mass is 10.1. The van der Waals surface area contributed by atoms with Gasteiger partial charge in [-0.05, 0) is 62.6 Å². The molecule has 0 aromatic heterocycles. The van der Waals surface area contributed by atoms with Gasteiger partial charge in [0.2, 0.25) is 5.91 Å². The number of hydrogen-bond donors (Lipinski definition) is 3. The Morgan fingerprint density at radius 2 is 1.48 bits per heavy atom. The van der Waals surface area contributed by atoms with Gasteiger partial charge in [-0.25, -0.2) is 0 Å². The van der Waals surface area contributed by atoms with Crippen molar-refractivity contribution in [2.75, 3.05) is 6.54 Å². The molecular weight excluding hydrogens is 386 g/mol. The molecule has 1 rings (SSSR count). The maximum absolute atomic E-state index is 11.9. The summed E-state index contributed by atoms with van der Waals surface area (Å²) in [6.07, 6.45) is 25.9. The first-order valence-corrected chi connectivity index (χ1v) is 11.9. The van der Waals surface area contributed by atoms with Gasteiger partial charge in [-0.2, -0.15) is 0 Å².